The highest BCUT2D eigenvalue weighted by Crippen LogP contribution is 2.37. The van der Waals surface area contributed by atoms with Crippen LogP contribution in [0.5, 0.6) is 0 Å². The molecular formula is C46H49N7O2. The van der Waals surface area contributed by atoms with E-state index in [4.69, 9.17) is 4.98 Å². The number of carbonyl (C=O) groups excluding carboxylic acids is 2. The van der Waals surface area contributed by atoms with Crippen LogP contribution in [-0.4, -0.2) is 67.7 Å². The van der Waals surface area contributed by atoms with E-state index < -0.39 is 10.8 Å². The van der Waals surface area contributed by atoms with Gasteiger partial charge in [0.25, 0.3) is 0 Å². The van der Waals surface area contributed by atoms with E-state index in [1.165, 1.54) is 0 Å². The van der Waals surface area contributed by atoms with Gasteiger partial charge in [0.05, 0.1) is 28.8 Å². The summed E-state index contributed by atoms with van der Waals surface area (Å²) >= 11 is 0. The SMILES string of the molecule is CC(C)(C(=O)N1CC[C@H](CNc2ncc(-c3ccc4cc(-c5cnc([C@@H]6CCCN6C(=O)C(C)(C)c6ccccc6)[nH]5)ccc4c3)cn2)C1)c1ccccc1. The molecule has 2 atom stereocenters. The Morgan fingerprint density at radius 3 is 2.00 bits per heavy atom. The Hall–Kier alpha value is -5.83. The Labute approximate surface area is 323 Å². The first kappa shape index (κ1) is 36.2. The van der Waals surface area contributed by atoms with Gasteiger partial charge in [-0.1, -0.05) is 84.9 Å². The van der Waals surface area contributed by atoms with E-state index in [2.05, 4.69) is 56.7 Å². The Kier molecular flexibility index (Phi) is 9.71. The van der Waals surface area contributed by atoms with Gasteiger partial charge in [-0.15, -0.1) is 0 Å². The third-order valence-electron chi connectivity index (χ3n) is 11.7. The molecular weight excluding hydrogens is 683 g/mol. The molecule has 0 aliphatic carbocycles. The molecule has 0 spiro atoms. The molecule has 2 aliphatic heterocycles. The normalized spacial score (nSPS) is 17.5. The molecule has 0 bridgehead atoms. The molecule has 55 heavy (non-hydrogen) atoms. The lowest BCUT2D eigenvalue weighted by atomic mass is 9.83. The summed E-state index contributed by atoms with van der Waals surface area (Å²) < 4.78 is 0. The quantitative estimate of drug-likeness (QED) is 0.146. The zero-order valence-electron chi connectivity index (χ0n) is 32.1. The number of carbonyl (C=O) groups is 2. The predicted molar refractivity (Wildman–Crippen MR) is 218 cm³/mol. The second kappa shape index (κ2) is 14.8. The molecule has 0 radical (unpaired) electrons. The first-order valence-electron chi connectivity index (χ1n) is 19.4. The number of hydrogen-bond donors (Lipinski definition) is 2. The minimum absolute atomic E-state index is 0.0717. The number of nitrogens with zero attached hydrogens (tertiary/aromatic N) is 5. The number of fused-ring (bicyclic) bond motifs is 1. The smallest absolute Gasteiger partial charge is 0.233 e. The second-order valence-electron chi connectivity index (χ2n) is 16.2. The average Bonchev–Trinajstić information content (AvgIpc) is 4.02. The van der Waals surface area contributed by atoms with Crippen molar-refractivity contribution in [2.75, 3.05) is 31.5 Å². The molecule has 6 aromatic rings. The number of hydrogen-bond acceptors (Lipinski definition) is 6. The molecule has 8 rings (SSSR count). The number of benzene rings is 4. The van der Waals surface area contributed by atoms with Crippen LogP contribution in [0.25, 0.3) is 33.2 Å². The zero-order chi connectivity index (χ0) is 38.2. The van der Waals surface area contributed by atoms with Crippen LogP contribution in [0.1, 0.15) is 70.0 Å². The van der Waals surface area contributed by atoms with E-state index in [0.29, 0.717) is 18.4 Å². The Balaban J connectivity index is 0.887. The number of amides is 2. The summed E-state index contributed by atoms with van der Waals surface area (Å²) in [6.45, 7) is 11.0. The van der Waals surface area contributed by atoms with Crippen LogP contribution in [0.4, 0.5) is 5.95 Å². The largest absolute Gasteiger partial charge is 0.354 e. The summed E-state index contributed by atoms with van der Waals surface area (Å²) in [6.07, 6.45) is 8.41. The number of likely N-dealkylation sites (tertiary alicyclic amines) is 2. The number of imidazole rings is 1. The molecule has 2 aromatic heterocycles. The maximum Gasteiger partial charge on any atom is 0.233 e. The Morgan fingerprint density at radius 2 is 1.33 bits per heavy atom. The molecule has 2 fully saturated rings. The van der Waals surface area contributed by atoms with Gasteiger partial charge in [0.15, 0.2) is 0 Å². The monoisotopic (exact) mass is 731 g/mol. The van der Waals surface area contributed by atoms with Crippen LogP contribution in [0.15, 0.2) is 116 Å². The summed E-state index contributed by atoms with van der Waals surface area (Å²) in [6, 6.07) is 32.8. The van der Waals surface area contributed by atoms with Gasteiger partial charge in [-0.2, -0.15) is 0 Å². The van der Waals surface area contributed by atoms with E-state index in [0.717, 1.165) is 89.0 Å². The molecule has 2 saturated heterocycles. The number of H-pyrrole nitrogens is 1. The third kappa shape index (κ3) is 7.23. The van der Waals surface area contributed by atoms with Gasteiger partial charge >= 0.3 is 0 Å². The van der Waals surface area contributed by atoms with E-state index in [-0.39, 0.29) is 17.9 Å². The van der Waals surface area contributed by atoms with Crippen LogP contribution >= 0.6 is 0 Å². The van der Waals surface area contributed by atoms with Gasteiger partial charge in [-0.25, -0.2) is 15.0 Å². The van der Waals surface area contributed by atoms with E-state index >= 15 is 0 Å². The Morgan fingerprint density at radius 1 is 0.709 bits per heavy atom. The Bertz CT molecular complexity index is 2300. The fourth-order valence-corrected chi connectivity index (χ4v) is 8.24. The second-order valence-corrected chi connectivity index (χ2v) is 16.2. The van der Waals surface area contributed by atoms with Gasteiger partial charge < -0.3 is 20.1 Å². The first-order valence-corrected chi connectivity index (χ1v) is 19.4. The fourth-order valence-electron chi connectivity index (χ4n) is 8.24. The zero-order valence-corrected chi connectivity index (χ0v) is 32.1. The summed E-state index contributed by atoms with van der Waals surface area (Å²) in [7, 11) is 0. The topological polar surface area (TPSA) is 107 Å². The summed E-state index contributed by atoms with van der Waals surface area (Å²) in [4.78, 5) is 48.9. The fraction of sp³-hybridized carbons (Fsp3) is 0.326. The molecule has 2 amide bonds. The highest BCUT2D eigenvalue weighted by molar-refractivity contribution is 5.91. The first-order chi connectivity index (χ1) is 26.6. The molecule has 2 aliphatic rings. The van der Waals surface area contributed by atoms with Crippen molar-refractivity contribution < 1.29 is 9.59 Å². The lowest BCUT2D eigenvalue weighted by Gasteiger charge is -2.33. The number of nitrogens with one attached hydrogen (secondary N) is 2. The predicted octanol–water partition coefficient (Wildman–Crippen LogP) is 8.57. The van der Waals surface area contributed by atoms with Crippen molar-refractivity contribution in [3.63, 3.8) is 0 Å². The number of aromatic nitrogens is 4. The molecule has 9 heteroatoms. The van der Waals surface area contributed by atoms with Gasteiger partial charge in [0, 0.05) is 49.7 Å². The van der Waals surface area contributed by atoms with Gasteiger partial charge in [0.1, 0.15) is 5.82 Å². The minimum Gasteiger partial charge on any atom is -0.354 e. The van der Waals surface area contributed by atoms with Crippen molar-refractivity contribution in [2.24, 2.45) is 5.92 Å². The number of anilines is 1. The molecule has 4 aromatic carbocycles. The molecule has 4 heterocycles. The van der Waals surface area contributed by atoms with Crippen molar-refractivity contribution in [1.29, 1.82) is 0 Å². The highest BCUT2D eigenvalue weighted by atomic mass is 16.2. The standard InChI is InChI=1S/C46H49N7O2/c1-45(2,37-12-7-5-8-13-37)42(54)52-23-21-31(30-52)26-48-44-49-27-36(28-50-44)34-18-17-33-25-35(20-19-32(33)24-34)39-29-47-41(51-39)40-16-11-22-53(40)43(55)46(3,4)38-14-9-6-10-15-38/h5-10,12-15,17-20,24-25,27-29,31,40H,11,16,21-23,26,30H2,1-4H3,(H,47,51)(H,48,49,50)/t31-,40+/m1/s1. The maximum atomic E-state index is 13.9. The van der Waals surface area contributed by atoms with Crippen molar-refractivity contribution >= 4 is 28.5 Å². The van der Waals surface area contributed by atoms with Crippen LogP contribution in [0.2, 0.25) is 0 Å². The van der Waals surface area contributed by atoms with Crippen molar-refractivity contribution in [3.05, 3.63) is 133 Å². The summed E-state index contributed by atoms with van der Waals surface area (Å²) in [5, 5.41) is 5.64. The molecule has 0 unspecified atom stereocenters. The molecule has 9 nitrogen and oxygen atoms in total. The van der Waals surface area contributed by atoms with Crippen LogP contribution < -0.4 is 5.32 Å². The molecule has 0 saturated carbocycles. The number of rotatable bonds is 10. The average molecular weight is 732 g/mol. The summed E-state index contributed by atoms with van der Waals surface area (Å²) in [5.41, 5.74) is 4.87. The van der Waals surface area contributed by atoms with Gasteiger partial charge in [0.2, 0.25) is 17.8 Å². The lowest BCUT2D eigenvalue weighted by molar-refractivity contribution is -0.137. The minimum atomic E-state index is -0.621. The molecule has 280 valence electrons. The van der Waals surface area contributed by atoms with Gasteiger partial charge in [-0.3, -0.25) is 9.59 Å². The van der Waals surface area contributed by atoms with Crippen molar-refractivity contribution in [3.8, 4) is 22.4 Å². The third-order valence-corrected chi connectivity index (χ3v) is 11.7. The van der Waals surface area contributed by atoms with Crippen LogP contribution in [-0.2, 0) is 20.4 Å². The van der Waals surface area contributed by atoms with E-state index in [9.17, 15) is 9.59 Å². The maximum absolute atomic E-state index is 13.9. The highest BCUT2D eigenvalue weighted by Gasteiger charge is 2.40. The number of aromatic amines is 1. The lowest BCUT2D eigenvalue weighted by Crippen LogP contribution is -2.43. The van der Waals surface area contributed by atoms with E-state index in [1.54, 1.807) is 0 Å². The van der Waals surface area contributed by atoms with Crippen LogP contribution in [0, 0.1) is 5.92 Å². The van der Waals surface area contributed by atoms with E-state index in [1.807, 2.05) is 117 Å². The van der Waals surface area contributed by atoms with Crippen molar-refractivity contribution in [2.45, 2.75) is 63.8 Å². The van der Waals surface area contributed by atoms with Gasteiger partial charge in [-0.05, 0) is 92.5 Å². The van der Waals surface area contributed by atoms with Crippen molar-refractivity contribution in [1.82, 2.24) is 29.7 Å². The summed E-state index contributed by atoms with van der Waals surface area (Å²) in [5.74, 6) is 2.07. The van der Waals surface area contributed by atoms with Crippen LogP contribution in [0.3, 0.4) is 0 Å². The molecule has 2 N–H and O–H groups in total.